The topological polar surface area (TPSA) is 120 Å². The third kappa shape index (κ3) is 10.8. The summed E-state index contributed by atoms with van der Waals surface area (Å²) in [6, 6.07) is -0.275. The first kappa shape index (κ1) is 27.4. The molecule has 8 nitrogen and oxygen atoms in total. The second kappa shape index (κ2) is 13.6. The van der Waals surface area contributed by atoms with Gasteiger partial charge in [-0.2, -0.15) is 0 Å². The molecule has 0 bridgehead atoms. The second-order valence-corrected chi connectivity index (χ2v) is 9.49. The minimum atomic E-state index is -3.00. The molecule has 4 N–H and O–H groups in total. The molecular weight excluding hydrogens is 495 g/mol. The van der Waals surface area contributed by atoms with E-state index in [4.69, 9.17) is 0 Å². The largest absolute Gasteiger partial charge is 0.388 e. The number of guanidine groups is 1. The Morgan fingerprint density at radius 3 is 2.32 bits per heavy atom. The number of carbonyl (C=O) groups is 1. The van der Waals surface area contributed by atoms with Crippen LogP contribution in [0.2, 0.25) is 0 Å². The van der Waals surface area contributed by atoms with E-state index in [0.29, 0.717) is 44.9 Å². The van der Waals surface area contributed by atoms with Gasteiger partial charge >= 0.3 is 0 Å². The molecule has 1 amide bonds. The number of nitrogens with one attached hydrogen (secondary N) is 3. The fraction of sp³-hybridized carbons (Fsp3) is 0.889. The molecule has 1 fully saturated rings. The van der Waals surface area contributed by atoms with Crippen molar-refractivity contribution < 1.29 is 18.3 Å². The third-order valence-corrected chi connectivity index (χ3v) is 6.32. The lowest BCUT2D eigenvalue weighted by Crippen LogP contribution is -2.42. The van der Waals surface area contributed by atoms with Gasteiger partial charge in [0.25, 0.3) is 0 Å². The molecule has 28 heavy (non-hydrogen) atoms. The van der Waals surface area contributed by atoms with E-state index in [0.717, 1.165) is 12.8 Å². The zero-order valence-corrected chi connectivity index (χ0v) is 20.4. The number of halogens is 1. The van der Waals surface area contributed by atoms with E-state index in [9.17, 15) is 18.3 Å². The van der Waals surface area contributed by atoms with Gasteiger partial charge in [-0.05, 0) is 26.2 Å². The zero-order valence-electron chi connectivity index (χ0n) is 17.3. The van der Waals surface area contributed by atoms with Crippen LogP contribution in [0, 0.1) is 0 Å². The van der Waals surface area contributed by atoms with Crippen LogP contribution in [-0.2, 0) is 14.6 Å². The molecule has 1 heterocycles. The number of aliphatic hydroxyl groups is 1. The van der Waals surface area contributed by atoms with E-state index in [1.165, 1.54) is 0 Å². The molecule has 0 spiro atoms. The molecule has 1 aliphatic heterocycles. The van der Waals surface area contributed by atoms with Gasteiger partial charge in [0.1, 0.15) is 0 Å². The summed E-state index contributed by atoms with van der Waals surface area (Å²) >= 11 is 0. The maximum absolute atomic E-state index is 12.0. The first-order valence-corrected chi connectivity index (χ1v) is 11.8. The lowest BCUT2D eigenvalue weighted by Gasteiger charge is -2.26. The van der Waals surface area contributed by atoms with E-state index in [-0.39, 0.29) is 53.9 Å². The van der Waals surface area contributed by atoms with Gasteiger partial charge in [0.05, 0.1) is 23.7 Å². The summed E-state index contributed by atoms with van der Waals surface area (Å²) in [5, 5.41) is 19.7. The fourth-order valence-corrected chi connectivity index (χ4v) is 4.96. The molecule has 10 heteroatoms. The number of rotatable bonds is 11. The highest BCUT2D eigenvalue weighted by molar-refractivity contribution is 14.0. The summed E-state index contributed by atoms with van der Waals surface area (Å²) in [5.74, 6) is 0.573. The lowest BCUT2D eigenvalue weighted by molar-refractivity contribution is -0.121. The summed E-state index contributed by atoms with van der Waals surface area (Å²) in [5.41, 5.74) is -0.794. The van der Waals surface area contributed by atoms with E-state index < -0.39 is 15.4 Å². The number of carbonyl (C=O) groups excluding carboxylic acids is 1. The van der Waals surface area contributed by atoms with Gasteiger partial charge in [-0.25, -0.2) is 8.42 Å². The van der Waals surface area contributed by atoms with Crippen LogP contribution in [0.1, 0.15) is 59.3 Å². The summed E-state index contributed by atoms with van der Waals surface area (Å²) in [4.78, 5) is 16.5. The van der Waals surface area contributed by atoms with Gasteiger partial charge in [0.15, 0.2) is 15.8 Å². The molecule has 0 aromatic carbocycles. The van der Waals surface area contributed by atoms with Crippen molar-refractivity contribution in [2.75, 3.05) is 31.1 Å². The normalized spacial score (nSPS) is 19.0. The molecule has 0 radical (unpaired) electrons. The Morgan fingerprint density at radius 1 is 1.18 bits per heavy atom. The first-order chi connectivity index (χ1) is 12.7. The number of sulfone groups is 1. The third-order valence-electron chi connectivity index (χ3n) is 4.55. The van der Waals surface area contributed by atoms with Gasteiger partial charge in [-0.3, -0.25) is 9.79 Å². The Labute approximate surface area is 186 Å². The molecular formula is C18H37IN4O4S. The number of aliphatic imine (C=N–C) groups is 1. The van der Waals surface area contributed by atoms with Crippen LogP contribution in [0.5, 0.6) is 0 Å². The van der Waals surface area contributed by atoms with Gasteiger partial charge in [-0.15, -0.1) is 24.0 Å². The smallest absolute Gasteiger partial charge is 0.222 e. The molecule has 1 unspecified atom stereocenters. The first-order valence-electron chi connectivity index (χ1n) is 9.98. The van der Waals surface area contributed by atoms with Crippen molar-refractivity contribution in [3.8, 4) is 0 Å². The van der Waals surface area contributed by atoms with Crippen LogP contribution < -0.4 is 16.0 Å². The van der Waals surface area contributed by atoms with Crippen LogP contribution >= 0.6 is 24.0 Å². The summed E-state index contributed by atoms with van der Waals surface area (Å²) in [7, 11) is -3.00. The summed E-state index contributed by atoms with van der Waals surface area (Å²) < 4.78 is 22.9. The SMILES string of the molecule is CCCC(O)(CCC)CN=C(NCC)NCCC(=O)NC1CCS(=O)(=O)C1.I. The van der Waals surface area contributed by atoms with E-state index in [2.05, 4.69) is 20.9 Å². The predicted octanol–water partition coefficient (Wildman–Crippen LogP) is 1.18. The maximum Gasteiger partial charge on any atom is 0.222 e. The summed E-state index contributed by atoms with van der Waals surface area (Å²) in [6.45, 7) is 7.42. The Hall–Kier alpha value is -0.620. The Morgan fingerprint density at radius 2 is 1.82 bits per heavy atom. The average Bonchev–Trinajstić information content (AvgIpc) is 2.91. The van der Waals surface area contributed by atoms with Crippen LogP contribution in [0.25, 0.3) is 0 Å². The highest BCUT2D eigenvalue weighted by Gasteiger charge is 2.28. The monoisotopic (exact) mass is 532 g/mol. The number of hydrogen-bond donors (Lipinski definition) is 4. The number of amides is 1. The van der Waals surface area contributed by atoms with Crippen molar-refractivity contribution >= 4 is 45.7 Å². The van der Waals surface area contributed by atoms with Crippen molar-refractivity contribution in [2.24, 2.45) is 4.99 Å². The average molecular weight is 532 g/mol. The highest BCUT2D eigenvalue weighted by Crippen LogP contribution is 2.19. The number of nitrogens with zero attached hydrogens (tertiary/aromatic N) is 1. The molecule has 1 rings (SSSR count). The van der Waals surface area contributed by atoms with Crippen LogP contribution in [0.15, 0.2) is 4.99 Å². The quantitative estimate of drug-likeness (QED) is 0.180. The minimum absolute atomic E-state index is 0. The zero-order chi connectivity index (χ0) is 20.3. The highest BCUT2D eigenvalue weighted by atomic mass is 127. The predicted molar refractivity (Wildman–Crippen MR) is 124 cm³/mol. The van der Waals surface area contributed by atoms with Crippen LogP contribution in [0.4, 0.5) is 0 Å². The maximum atomic E-state index is 12.0. The fourth-order valence-electron chi connectivity index (χ4n) is 3.28. The van der Waals surface area contributed by atoms with Crippen molar-refractivity contribution in [2.45, 2.75) is 70.9 Å². The second-order valence-electron chi connectivity index (χ2n) is 7.26. The Bertz CT molecular complexity index is 592. The standard InChI is InChI=1S/C18H36N4O4S.HI/c1-4-9-18(24,10-5-2)14-21-17(19-6-3)20-11-7-16(23)22-15-8-12-27(25,26)13-15;/h15,24H,4-14H2,1-3H3,(H,22,23)(H2,19,20,21);1H. The molecule has 1 aliphatic rings. The molecule has 0 aromatic heterocycles. The van der Waals surface area contributed by atoms with Gasteiger partial charge in [0, 0.05) is 25.6 Å². The molecule has 0 aromatic rings. The van der Waals surface area contributed by atoms with Gasteiger partial charge in [-0.1, -0.05) is 26.7 Å². The van der Waals surface area contributed by atoms with Crippen LogP contribution in [0.3, 0.4) is 0 Å². The van der Waals surface area contributed by atoms with Crippen LogP contribution in [-0.4, -0.2) is 68.2 Å². The Kier molecular flexibility index (Phi) is 13.3. The molecule has 1 atom stereocenters. The van der Waals surface area contributed by atoms with Gasteiger partial charge in [0.2, 0.25) is 5.91 Å². The minimum Gasteiger partial charge on any atom is -0.388 e. The molecule has 166 valence electrons. The van der Waals surface area contributed by atoms with E-state index in [1.807, 2.05) is 20.8 Å². The van der Waals surface area contributed by atoms with Crippen molar-refractivity contribution in [3.05, 3.63) is 0 Å². The van der Waals surface area contributed by atoms with Crippen molar-refractivity contribution in [1.29, 1.82) is 0 Å². The molecule has 1 saturated heterocycles. The molecule has 0 saturated carbocycles. The number of hydrogen-bond acceptors (Lipinski definition) is 5. The molecule has 0 aliphatic carbocycles. The van der Waals surface area contributed by atoms with E-state index in [1.54, 1.807) is 0 Å². The van der Waals surface area contributed by atoms with E-state index >= 15 is 0 Å². The Balaban J connectivity index is 0.00000729. The lowest BCUT2D eigenvalue weighted by atomic mass is 9.93. The van der Waals surface area contributed by atoms with Crippen molar-refractivity contribution in [1.82, 2.24) is 16.0 Å². The van der Waals surface area contributed by atoms with Gasteiger partial charge < -0.3 is 21.1 Å². The van der Waals surface area contributed by atoms with Crippen molar-refractivity contribution in [3.63, 3.8) is 0 Å². The summed E-state index contributed by atoms with van der Waals surface area (Å²) in [6.07, 6.45) is 3.92.